The number of carbonyl (C=O) groups is 1. The van der Waals surface area contributed by atoms with Crippen LogP contribution in [-0.2, 0) is 9.84 Å². The first-order valence-corrected chi connectivity index (χ1v) is 11.8. The van der Waals surface area contributed by atoms with Crippen LogP contribution >= 0.6 is 0 Å². The van der Waals surface area contributed by atoms with E-state index in [1.807, 2.05) is 26.0 Å². The summed E-state index contributed by atoms with van der Waals surface area (Å²) in [7, 11) is 0.0938. The van der Waals surface area contributed by atoms with Crippen molar-refractivity contribution in [2.45, 2.75) is 26.7 Å². The molecule has 0 unspecified atom stereocenters. The molecule has 3 aromatic rings. The van der Waals surface area contributed by atoms with Crippen LogP contribution in [0, 0.1) is 12.3 Å². The zero-order chi connectivity index (χ0) is 22.4. The van der Waals surface area contributed by atoms with Crippen LogP contribution in [0.3, 0.4) is 0 Å². The number of nitrogens with zero attached hydrogens (tertiary/aromatic N) is 2. The van der Waals surface area contributed by atoms with E-state index in [2.05, 4.69) is 9.97 Å². The summed E-state index contributed by atoms with van der Waals surface area (Å²) in [4.78, 5) is 25.6. The van der Waals surface area contributed by atoms with Gasteiger partial charge in [0.1, 0.15) is 15.4 Å². The molecule has 3 heterocycles. The van der Waals surface area contributed by atoms with Crippen LogP contribution in [0.25, 0.3) is 22.4 Å². The highest BCUT2D eigenvalue weighted by atomic mass is 32.2. The summed E-state index contributed by atoms with van der Waals surface area (Å²) in [6.45, 7) is 3.75. The number of fused-ring (bicyclic) bond motifs is 1. The number of hydrogen-bond acceptors (Lipinski definition) is 7. The Morgan fingerprint density at radius 3 is 2.52 bits per heavy atom. The highest BCUT2D eigenvalue weighted by Gasteiger charge is 2.40. The number of rotatable bonds is 5. The second kappa shape index (κ2) is 7.64. The van der Waals surface area contributed by atoms with Crippen LogP contribution in [0.4, 0.5) is 0 Å². The lowest BCUT2D eigenvalue weighted by atomic mass is 9.77. The summed E-state index contributed by atoms with van der Waals surface area (Å²) in [6, 6.07) is 3.75. The van der Waals surface area contributed by atoms with E-state index in [0.29, 0.717) is 46.8 Å². The molecule has 1 N–H and O–H groups in total. The third-order valence-corrected chi connectivity index (χ3v) is 7.72. The molecule has 2 aromatic heterocycles. The highest BCUT2D eigenvalue weighted by Crippen LogP contribution is 2.38. The number of Topliss-reactive ketones (excluding diaryl/α,β-unsaturated/α-hetero) is 1. The summed E-state index contributed by atoms with van der Waals surface area (Å²) < 4.78 is 34.5. The monoisotopic (exact) mass is 443 g/mol. The molecule has 1 fully saturated rings. The van der Waals surface area contributed by atoms with E-state index in [0.717, 1.165) is 11.1 Å². The number of aromatic nitrogens is 3. The standard InChI is InChI=1S/C22H25N3O5S/c1-13-9-14(10-17(29-3)19(13)30-4)16-12-24-21-18(25-16)15(11-23-21)20(26)22(2)5-7-31(27,28)8-6-22/h9-12H,5-8H2,1-4H3,(H,23,24). The molecule has 0 spiro atoms. The molecule has 1 aromatic carbocycles. The fourth-order valence-electron chi connectivity index (χ4n) is 4.05. The number of ketones is 1. The minimum absolute atomic E-state index is 0.0272. The van der Waals surface area contributed by atoms with Crippen molar-refractivity contribution in [2.24, 2.45) is 5.41 Å². The van der Waals surface area contributed by atoms with Crippen molar-refractivity contribution < 1.29 is 22.7 Å². The minimum atomic E-state index is -3.07. The van der Waals surface area contributed by atoms with E-state index in [9.17, 15) is 13.2 Å². The van der Waals surface area contributed by atoms with Gasteiger partial charge in [-0.2, -0.15) is 0 Å². The van der Waals surface area contributed by atoms with Crippen LogP contribution in [-0.4, -0.2) is 54.9 Å². The first-order valence-electron chi connectivity index (χ1n) is 10.00. The average Bonchev–Trinajstić information content (AvgIpc) is 3.18. The maximum absolute atomic E-state index is 13.4. The molecule has 1 saturated heterocycles. The van der Waals surface area contributed by atoms with Gasteiger partial charge in [0.2, 0.25) is 0 Å². The van der Waals surface area contributed by atoms with Gasteiger partial charge in [0.25, 0.3) is 0 Å². The summed E-state index contributed by atoms with van der Waals surface area (Å²) in [5, 5.41) is 0. The number of nitrogens with one attached hydrogen (secondary N) is 1. The molecular weight excluding hydrogens is 418 g/mol. The Morgan fingerprint density at radius 2 is 1.87 bits per heavy atom. The highest BCUT2D eigenvalue weighted by molar-refractivity contribution is 7.91. The predicted molar refractivity (Wildman–Crippen MR) is 117 cm³/mol. The quantitative estimate of drug-likeness (QED) is 0.602. The molecule has 0 saturated carbocycles. The number of hydrogen-bond donors (Lipinski definition) is 1. The summed E-state index contributed by atoms with van der Waals surface area (Å²) in [5.41, 5.74) is 2.96. The number of H-pyrrole nitrogens is 1. The van der Waals surface area contributed by atoms with Gasteiger partial charge in [-0.15, -0.1) is 0 Å². The molecule has 4 rings (SSSR count). The molecule has 0 aliphatic carbocycles. The second-order valence-corrected chi connectivity index (χ2v) is 10.5. The van der Waals surface area contributed by atoms with E-state index in [-0.39, 0.29) is 17.3 Å². The van der Waals surface area contributed by atoms with E-state index < -0.39 is 15.3 Å². The Hall–Kier alpha value is -2.94. The molecule has 0 radical (unpaired) electrons. The molecular formula is C22H25N3O5S. The fraction of sp³-hybridized carbons (Fsp3) is 0.409. The molecule has 0 bridgehead atoms. The molecule has 0 amide bonds. The molecule has 1 aliphatic heterocycles. The van der Waals surface area contributed by atoms with Gasteiger partial charge in [0.15, 0.2) is 22.9 Å². The number of benzene rings is 1. The van der Waals surface area contributed by atoms with Crippen molar-refractivity contribution >= 4 is 26.8 Å². The number of methoxy groups -OCH3 is 2. The first kappa shape index (κ1) is 21.3. The van der Waals surface area contributed by atoms with Gasteiger partial charge in [0, 0.05) is 17.2 Å². The predicted octanol–water partition coefficient (Wildman–Crippen LogP) is 3.35. The Morgan fingerprint density at radius 1 is 1.16 bits per heavy atom. The number of aromatic amines is 1. The van der Waals surface area contributed by atoms with Crippen molar-refractivity contribution in [1.82, 2.24) is 15.0 Å². The SMILES string of the molecule is COc1cc(-c2cnc3[nH]cc(C(=O)C4(C)CCS(=O)(=O)CC4)c3n2)cc(C)c1OC. The second-order valence-electron chi connectivity index (χ2n) is 8.23. The van der Waals surface area contributed by atoms with Crippen molar-refractivity contribution in [3.63, 3.8) is 0 Å². The maximum Gasteiger partial charge on any atom is 0.172 e. The normalized spacial score (nSPS) is 17.4. The van der Waals surface area contributed by atoms with Gasteiger partial charge < -0.3 is 14.5 Å². The summed E-state index contributed by atoms with van der Waals surface area (Å²) in [5.74, 6) is 1.18. The lowest BCUT2D eigenvalue weighted by Crippen LogP contribution is -2.37. The van der Waals surface area contributed by atoms with Crippen molar-refractivity contribution in [2.75, 3.05) is 25.7 Å². The average molecular weight is 444 g/mol. The molecule has 1 aliphatic rings. The number of ether oxygens (including phenoxy) is 2. The van der Waals surface area contributed by atoms with Crippen LogP contribution < -0.4 is 9.47 Å². The Labute approximate surface area is 180 Å². The first-order chi connectivity index (χ1) is 14.7. The van der Waals surface area contributed by atoms with Crippen LogP contribution in [0.2, 0.25) is 0 Å². The molecule has 9 heteroatoms. The molecule has 31 heavy (non-hydrogen) atoms. The Kier molecular flexibility index (Phi) is 5.25. The van der Waals surface area contributed by atoms with Gasteiger partial charge in [-0.1, -0.05) is 6.92 Å². The van der Waals surface area contributed by atoms with Gasteiger partial charge in [0.05, 0.1) is 43.2 Å². The van der Waals surface area contributed by atoms with Crippen LogP contribution in [0.15, 0.2) is 24.5 Å². The van der Waals surface area contributed by atoms with Crippen LogP contribution in [0.5, 0.6) is 11.5 Å². The van der Waals surface area contributed by atoms with Gasteiger partial charge in [-0.05, 0) is 37.5 Å². The zero-order valence-corrected chi connectivity index (χ0v) is 18.8. The van der Waals surface area contributed by atoms with E-state index >= 15 is 0 Å². The zero-order valence-electron chi connectivity index (χ0n) is 18.0. The number of aryl methyl sites for hydroxylation is 1. The summed E-state index contributed by atoms with van der Waals surface area (Å²) in [6.07, 6.45) is 3.87. The molecule has 0 atom stereocenters. The van der Waals surface area contributed by atoms with E-state index in [1.54, 1.807) is 26.6 Å². The third kappa shape index (κ3) is 3.78. The van der Waals surface area contributed by atoms with Gasteiger partial charge in [-0.25, -0.2) is 18.4 Å². The topological polar surface area (TPSA) is 111 Å². The summed E-state index contributed by atoms with van der Waals surface area (Å²) >= 11 is 0. The number of carbonyl (C=O) groups excluding carboxylic acids is 1. The third-order valence-electron chi connectivity index (χ3n) is 6.06. The van der Waals surface area contributed by atoms with E-state index in [4.69, 9.17) is 14.5 Å². The lowest BCUT2D eigenvalue weighted by Gasteiger charge is -2.31. The van der Waals surface area contributed by atoms with Gasteiger partial charge >= 0.3 is 0 Å². The number of sulfone groups is 1. The van der Waals surface area contributed by atoms with Crippen molar-refractivity contribution in [3.8, 4) is 22.8 Å². The van der Waals surface area contributed by atoms with Crippen molar-refractivity contribution in [1.29, 1.82) is 0 Å². The molecule has 8 nitrogen and oxygen atoms in total. The minimum Gasteiger partial charge on any atom is -0.493 e. The van der Waals surface area contributed by atoms with E-state index in [1.165, 1.54) is 0 Å². The maximum atomic E-state index is 13.4. The fourth-order valence-corrected chi connectivity index (χ4v) is 5.77. The molecule has 164 valence electrons. The largest absolute Gasteiger partial charge is 0.493 e. The Balaban J connectivity index is 1.75. The lowest BCUT2D eigenvalue weighted by molar-refractivity contribution is 0.0801. The smallest absolute Gasteiger partial charge is 0.172 e. The van der Waals surface area contributed by atoms with Gasteiger partial charge in [-0.3, -0.25) is 4.79 Å². The Bertz CT molecular complexity index is 1270. The van der Waals surface area contributed by atoms with Crippen molar-refractivity contribution in [3.05, 3.63) is 35.7 Å². The van der Waals surface area contributed by atoms with Crippen LogP contribution in [0.1, 0.15) is 35.7 Å².